The molecule has 0 saturated heterocycles. The molecule has 0 amide bonds. The van der Waals surface area contributed by atoms with E-state index in [2.05, 4.69) is 5.32 Å². The molecule has 2 rings (SSSR count). The van der Waals surface area contributed by atoms with Crippen LogP contribution in [0.15, 0.2) is 36.4 Å². The second kappa shape index (κ2) is 6.57. The van der Waals surface area contributed by atoms with E-state index in [0.29, 0.717) is 15.6 Å². The molecule has 4 heteroatoms. The van der Waals surface area contributed by atoms with Gasteiger partial charge in [0.1, 0.15) is 5.82 Å². The summed E-state index contributed by atoms with van der Waals surface area (Å²) in [6.45, 7) is 4.66. The predicted octanol–water partition coefficient (Wildman–Crippen LogP) is 5.14. The van der Waals surface area contributed by atoms with Crippen LogP contribution in [-0.2, 0) is 0 Å². The number of halogens is 3. The Morgan fingerprint density at radius 1 is 1.15 bits per heavy atom. The summed E-state index contributed by atoms with van der Waals surface area (Å²) in [5.41, 5.74) is 2.54. The van der Waals surface area contributed by atoms with E-state index in [4.69, 9.17) is 23.2 Å². The second-order valence-electron chi connectivity index (χ2n) is 4.67. The van der Waals surface area contributed by atoms with E-state index in [-0.39, 0.29) is 11.9 Å². The van der Waals surface area contributed by atoms with Crippen LogP contribution in [0, 0.1) is 12.7 Å². The lowest BCUT2D eigenvalue weighted by Gasteiger charge is -2.20. The fraction of sp³-hybridized carbons (Fsp3) is 0.250. The minimum Gasteiger partial charge on any atom is -0.306 e. The Kier molecular flexibility index (Phi) is 5.03. The van der Waals surface area contributed by atoms with Gasteiger partial charge in [-0.25, -0.2) is 4.39 Å². The molecule has 2 aromatic rings. The molecular weight excluding hydrogens is 296 g/mol. The average molecular weight is 312 g/mol. The molecular formula is C16H16Cl2FN. The minimum atomic E-state index is -0.309. The van der Waals surface area contributed by atoms with Gasteiger partial charge in [-0.2, -0.15) is 0 Å². The normalized spacial score (nSPS) is 12.4. The topological polar surface area (TPSA) is 12.0 Å². The van der Waals surface area contributed by atoms with Crippen LogP contribution >= 0.6 is 23.2 Å². The third-order valence-corrected chi connectivity index (χ3v) is 3.86. The fourth-order valence-electron chi connectivity index (χ4n) is 2.19. The molecule has 0 saturated carbocycles. The molecule has 0 heterocycles. The largest absolute Gasteiger partial charge is 0.306 e. The van der Waals surface area contributed by atoms with Crippen molar-refractivity contribution >= 4 is 23.2 Å². The number of rotatable bonds is 4. The number of hydrogen-bond donors (Lipinski definition) is 1. The van der Waals surface area contributed by atoms with Gasteiger partial charge in [-0.1, -0.05) is 48.3 Å². The summed E-state index contributed by atoms with van der Waals surface area (Å²) in [6.07, 6.45) is 0. The Balaban J connectivity index is 2.47. The van der Waals surface area contributed by atoms with Gasteiger partial charge in [0.15, 0.2) is 0 Å². The highest BCUT2D eigenvalue weighted by molar-refractivity contribution is 6.31. The van der Waals surface area contributed by atoms with Crippen LogP contribution in [0.1, 0.15) is 29.7 Å². The van der Waals surface area contributed by atoms with Crippen molar-refractivity contribution in [2.45, 2.75) is 19.9 Å². The predicted molar refractivity (Wildman–Crippen MR) is 83.1 cm³/mol. The monoisotopic (exact) mass is 311 g/mol. The highest BCUT2D eigenvalue weighted by Crippen LogP contribution is 2.28. The maximum Gasteiger partial charge on any atom is 0.129 e. The number of hydrogen-bond acceptors (Lipinski definition) is 1. The molecule has 0 aliphatic heterocycles. The summed E-state index contributed by atoms with van der Waals surface area (Å²) in [6, 6.07) is 10.3. The van der Waals surface area contributed by atoms with E-state index in [9.17, 15) is 4.39 Å². The lowest BCUT2D eigenvalue weighted by Crippen LogP contribution is -2.23. The van der Waals surface area contributed by atoms with Crippen molar-refractivity contribution < 1.29 is 4.39 Å². The number of benzene rings is 2. The smallest absolute Gasteiger partial charge is 0.129 e. The standard InChI is InChI=1S/C16H16Cl2FN/c1-3-20-16(11-4-7-14(18)10(2)8-11)13-6-5-12(17)9-15(13)19/h4-9,16,20H,3H2,1-2H3. The van der Waals surface area contributed by atoms with Gasteiger partial charge in [0.25, 0.3) is 0 Å². The summed E-state index contributed by atoms with van der Waals surface area (Å²) in [7, 11) is 0. The molecule has 0 aromatic heterocycles. The minimum absolute atomic E-state index is 0.215. The second-order valence-corrected chi connectivity index (χ2v) is 5.51. The van der Waals surface area contributed by atoms with Crippen LogP contribution in [-0.4, -0.2) is 6.54 Å². The molecule has 0 radical (unpaired) electrons. The summed E-state index contributed by atoms with van der Waals surface area (Å²) in [5, 5.41) is 4.40. The molecule has 0 aliphatic rings. The molecule has 0 bridgehead atoms. The zero-order valence-electron chi connectivity index (χ0n) is 11.4. The van der Waals surface area contributed by atoms with E-state index in [0.717, 1.165) is 17.7 Å². The highest BCUT2D eigenvalue weighted by atomic mass is 35.5. The summed E-state index contributed by atoms with van der Waals surface area (Å²) in [4.78, 5) is 0. The van der Waals surface area contributed by atoms with E-state index in [1.165, 1.54) is 6.07 Å². The molecule has 0 fully saturated rings. The molecule has 0 aliphatic carbocycles. The quantitative estimate of drug-likeness (QED) is 0.824. The van der Waals surface area contributed by atoms with Crippen LogP contribution < -0.4 is 5.32 Å². The Hall–Kier alpha value is -1.09. The Bertz CT molecular complexity index is 613. The third-order valence-electron chi connectivity index (χ3n) is 3.20. The van der Waals surface area contributed by atoms with Gasteiger partial charge in [-0.05, 0) is 42.8 Å². The number of nitrogens with one attached hydrogen (secondary N) is 1. The van der Waals surface area contributed by atoms with Gasteiger partial charge in [0.05, 0.1) is 6.04 Å². The van der Waals surface area contributed by atoms with E-state index in [1.807, 2.05) is 32.0 Å². The van der Waals surface area contributed by atoms with E-state index < -0.39 is 0 Å². The summed E-state index contributed by atoms with van der Waals surface area (Å²) < 4.78 is 14.1. The fourth-order valence-corrected chi connectivity index (χ4v) is 2.47. The van der Waals surface area contributed by atoms with Gasteiger partial charge in [0, 0.05) is 15.6 Å². The Labute approximate surface area is 128 Å². The molecule has 2 aromatic carbocycles. The first kappa shape index (κ1) is 15.3. The molecule has 106 valence electrons. The molecule has 0 spiro atoms. The van der Waals surface area contributed by atoms with Gasteiger partial charge in [0.2, 0.25) is 0 Å². The van der Waals surface area contributed by atoms with Gasteiger partial charge < -0.3 is 5.32 Å². The maximum absolute atomic E-state index is 14.1. The van der Waals surface area contributed by atoms with Crippen LogP contribution in [0.5, 0.6) is 0 Å². The lowest BCUT2D eigenvalue weighted by molar-refractivity contribution is 0.559. The molecule has 1 unspecified atom stereocenters. The van der Waals surface area contributed by atoms with Gasteiger partial charge in [-0.3, -0.25) is 0 Å². The van der Waals surface area contributed by atoms with Gasteiger partial charge in [-0.15, -0.1) is 0 Å². The van der Waals surface area contributed by atoms with Crippen LogP contribution in [0.4, 0.5) is 4.39 Å². The van der Waals surface area contributed by atoms with Crippen molar-refractivity contribution in [1.82, 2.24) is 5.32 Å². The SMILES string of the molecule is CCNC(c1ccc(Cl)c(C)c1)c1ccc(Cl)cc1F. The first-order valence-corrected chi connectivity index (χ1v) is 7.23. The van der Waals surface area contributed by atoms with Crippen LogP contribution in [0.2, 0.25) is 10.0 Å². The molecule has 1 atom stereocenters. The molecule has 1 nitrogen and oxygen atoms in total. The van der Waals surface area contributed by atoms with Gasteiger partial charge >= 0.3 is 0 Å². The number of aryl methyl sites for hydroxylation is 1. The first-order valence-electron chi connectivity index (χ1n) is 6.47. The Morgan fingerprint density at radius 3 is 2.50 bits per heavy atom. The average Bonchev–Trinajstić information content (AvgIpc) is 2.40. The third kappa shape index (κ3) is 3.32. The van der Waals surface area contributed by atoms with Crippen LogP contribution in [0.25, 0.3) is 0 Å². The van der Waals surface area contributed by atoms with E-state index >= 15 is 0 Å². The Morgan fingerprint density at radius 2 is 1.90 bits per heavy atom. The van der Waals surface area contributed by atoms with Crippen LogP contribution in [0.3, 0.4) is 0 Å². The van der Waals surface area contributed by atoms with Crippen molar-refractivity contribution in [3.8, 4) is 0 Å². The maximum atomic E-state index is 14.1. The zero-order chi connectivity index (χ0) is 14.7. The van der Waals surface area contributed by atoms with Crippen molar-refractivity contribution in [3.05, 3.63) is 69.0 Å². The molecule has 1 N–H and O–H groups in total. The van der Waals surface area contributed by atoms with Crippen molar-refractivity contribution in [2.24, 2.45) is 0 Å². The lowest BCUT2D eigenvalue weighted by atomic mass is 9.97. The van der Waals surface area contributed by atoms with E-state index in [1.54, 1.807) is 12.1 Å². The van der Waals surface area contributed by atoms with Crippen molar-refractivity contribution in [1.29, 1.82) is 0 Å². The zero-order valence-corrected chi connectivity index (χ0v) is 12.9. The molecule has 20 heavy (non-hydrogen) atoms. The summed E-state index contributed by atoms with van der Waals surface area (Å²) in [5.74, 6) is -0.309. The van der Waals surface area contributed by atoms with Crippen molar-refractivity contribution in [3.63, 3.8) is 0 Å². The highest BCUT2D eigenvalue weighted by Gasteiger charge is 2.17. The van der Waals surface area contributed by atoms with Crippen molar-refractivity contribution in [2.75, 3.05) is 6.54 Å². The first-order chi connectivity index (χ1) is 9.52. The summed E-state index contributed by atoms with van der Waals surface area (Å²) >= 11 is 11.9.